The number of carbonyl (C=O) groups is 1. The lowest BCUT2D eigenvalue weighted by molar-refractivity contribution is 0.0414. The van der Waals surface area contributed by atoms with E-state index < -0.39 is 0 Å². The first-order chi connectivity index (χ1) is 9.52. The van der Waals surface area contributed by atoms with E-state index in [9.17, 15) is 4.79 Å². The zero-order valence-corrected chi connectivity index (χ0v) is 12.7. The van der Waals surface area contributed by atoms with E-state index in [2.05, 4.69) is 30.8 Å². The van der Waals surface area contributed by atoms with Crippen molar-refractivity contribution in [1.29, 1.82) is 0 Å². The average molecular weight is 277 g/mol. The van der Waals surface area contributed by atoms with Gasteiger partial charge in [-0.05, 0) is 33.9 Å². The highest BCUT2D eigenvalue weighted by Crippen LogP contribution is 2.17. The second kappa shape index (κ2) is 6.22. The number of carbonyl (C=O) groups excluding carboxylic acids is 1. The third kappa shape index (κ3) is 3.10. The highest BCUT2D eigenvalue weighted by Gasteiger charge is 2.29. The second-order valence-corrected chi connectivity index (χ2v) is 5.39. The van der Waals surface area contributed by atoms with Gasteiger partial charge in [0, 0.05) is 43.0 Å². The van der Waals surface area contributed by atoms with E-state index in [1.807, 2.05) is 11.8 Å². The molecule has 0 bridgehead atoms. The van der Waals surface area contributed by atoms with Crippen molar-refractivity contribution in [3.8, 4) is 5.88 Å². The molecule has 0 unspecified atom stereocenters. The van der Waals surface area contributed by atoms with Gasteiger partial charge >= 0.3 is 0 Å². The third-order valence-electron chi connectivity index (χ3n) is 3.92. The summed E-state index contributed by atoms with van der Waals surface area (Å²) in [5.41, 5.74) is 0.646. The molecule has 0 N–H and O–H groups in total. The van der Waals surface area contributed by atoms with Gasteiger partial charge in [-0.25, -0.2) is 4.98 Å². The van der Waals surface area contributed by atoms with Crippen LogP contribution in [0.3, 0.4) is 0 Å². The van der Waals surface area contributed by atoms with E-state index in [1.54, 1.807) is 18.3 Å². The number of likely N-dealkylation sites (N-methyl/N-ethyl adjacent to an activating group) is 1. The monoisotopic (exact) mass is 277 g/mol. The number of hydrogen-bond acceptors (Lipinski definition) is 4. The molecule has 2 heterocycles. The molecule has 0 saturated carbocycles. The normalized spacial score (nSPS) is 23.7. The zero-order valence-electron chi connectivity index (χ0n) is 12.7. The first-order valence-corrected chi connectivity index (χ1v) is 7.13. The van der Waals surface area contributed by atoms with Crippen LogP contribution in [0.25, 0.3) is 0 Å². The number of hydrogen-bond donors (Lipinski definition) is 0. The number of rotatable bonds is 3. The number of ether oxygens (including phenoxy) is 1. The number of pyridine rings is 1. The maximum atomic E-state index is 12.6. The molecule has 0 radical (unpaired) electrons. The van der Waals surface area contributed by atoms with Gasteiger partial charge in [-0.2, -0.15) is 0 Å². The summed E-state index contributed by atoms with van der Waals surface area (Å²) in [4.78, 5) is 20.9. The summed E-state index contributed by atoms with van der Waals surface area (Å²) in [5, 5.41) is 0. The van der Waals surface area contributed by atoms with Gasteiger partial charge in [0.1, 0.15) is 0 Å². The molecule has 1 aromatic rings. The smallest absolute Gasteiger partial charge is 0.254 e. The second-order valence-electron chi connectivity index (χ2n) is 5.39. The van der Waals surface area contributed by atoms with Gasteiger partial charge in [-0.15, -0.1) is 0 Å². The predicted octanol–water partition coefficient (Wildman–Crippen LogP) is 1.64. The van der Waals surface area contributed by atoms with Gasteiger partial charge in [0.2, 0.25) is 5.88 Å². The number of nitrogens with zero attached hydrogens (tertiary/aromatic N) is 3. The van der Waals surface area contributed by atoms with Crippen molar-refractivity contribution in [2.75, 3.05) is 26.7 Å². The Bertz CT molecular complexity index is 466. The molecule has 5 heteroatoms. The first kappa shape index (κ1) is 14.8. The van der Waals surface area contributed by atoms with Gasteiger partial charge in [-0.1, -0.05) is 0 Å². The van der Waals surface area contributed by atoms with Gasteiger partial charge < -0.3 is 9.64 Å². The van der Waals surface area contributed by atoms with Gasteiger partial charge in [0.15, 0.2) is 0 Å². The fourth-order valence-corrected chi connectivity index (χ4v) is 2.52. The highest BCUT2D eigenvalue weighted by atomic mass is 16.5. The summed E-state index contributed by atoms with van der Waals surface area (Å²) in [6.07, 6.45) is 1.63. The number of amides is 1. The largest absolute Gasteiger partial charge is 0.478 e. The van der Waals surface area contributed by atoms with Crippen LogP contribution in [-0.4, -0.2) is 59.5 Å². The van der Waals surface area contributed by atoms with E-state index in [4.69, 9.17) is 4.74 Å². The van der Waals surface area contributed by atoms with E-state index in [0.29, 0.717) is 30.1 Å². The molecule has 1 fully saturated rings. The zero-order chi connectivity index (χ0) is 14.7. The molecule has 1 aromatic heterocycles. The van der Waals surface area contributed by atoms with Crippen molar-refractivity contribution in [2.24, 2.45) is 0 Å². The minimum atomic E-state index is 0.0557. The molecular formula is C15H23N3O2. The Morgan fingerprint density at radius 1 is 1.40 bits per heavy atom. The van der Waals surface area contributed by atoms with Gasteiger partial charge in [0.25, 0.3) is 5.91 Å². The summed E-state index contributed by atoms with van der Waals surface area (Å²) in [7, 11) is 2.11. The van der Waals surface area contributed by atoms with Crippen molar-refractivity contribution in [3.05, 3.63) is 23.9 Å². The lowest BCUT2D eigenvalue weighted by atomic mass is 10.1. The minimum Gasteiger partial charge on any atom is -0.478 e. The van der Waals surface area contributed by atoms with Crippen molar-refractivity contribution < 1.29 is 9.53 Å². The molecular weight excluding hydrogens is 254 g/mol. The van der Waals surface area contributed by atoms with Gasteiger partial charge in [0.05, 0.1) is 6.61 Å². The van der Waals surface area contributed by atoms with Crippen LogP contribution in [-0.2, 0) is 0 Å². The van der Waals surface area contributed by atoms with E-state index in [0.717, 1.165) is 13.1 Å². The number of aromatic nitrogens is 1. The maximum Gasteiger partial charge on any atom is 0.254 e. The number of piperazine rings is 1. The molecule has 1 amide bonds. The standard InChI is InChI=1S/C15H23N3O2/c1-5-20-14-8-13(6-7-16-14)15(19)18-9-11(2)17(4)12(3)10-18/h6-8,11-12H,5,9-10H2,1-4H3/t11-,12+. The Labute approximate surface area is 120 Å². The average Bonchev–Trinajstić information content (AvgIpc) is 2.44. The summed E-state index contributed by atoms with van der Waals surface area (Å²) in [6, 6.07) is 4.21. The molecule has 2 rings (SSSR count). The SMILES string of the molecule is CCOc1cc(C(=O)N2C[C@@H](C)N(C)[C@@H](C)C2)ccn1. The highest BCUT2D eigenvalue weighted by molar-refractivity contribution is 5.94. The Kier molecular flexibility index (Phi) is 4.60. The molecule has 0 aliphatic carbocycles. The summed E-state index contributed by atoms with van der Waals surface area (Å²) in [5.74, 6) is 0.564. The van der Waals surface area contributed by atoms with Crippen LogP contribution in [0.2, 0.25) is 0 Å². The topological polar surface area (TPSA) is 45.7 Å². The first-order valence-electron chi connectivity index (χ1n) is 7.13. The third-order valence-corrected chi connectivity index (χ3v) is 3.92. The van der Waals surface area contributed by atoms with Crippen LogP contribution in [0.5, 0.6) is 5.88 Å². The van der Waals surface area contributed by atoms with Crippen molar-refractivity contribution in [2.45, 2.75) is 32.9 Å². The minimum absolute atomic E-state index is 0.0557. The fraction of sp³-hybridized carbons (Fsp3) is 0.600. The Morgan fingerprint density at radius 2 is 2.05 bits per heavy atom. The fourth-order valence-electron chi connectivity index (χ4n) is 2.52. The molecule has 0 spiro atoms. The quantitative estimate of drug-likeness (QED) is 0.842. The van der Waals surface area contributed by atoms with E-state index >= 15 is 0 Å². The van der Waals surface area contributed by atoms with Gasteiger partial charge in [-0.3, -0.25) is 9.69 Å². The molecule has 1 aliphatic heterocycles. The molecule has 110 valence electrons. The Balaban J connectivity index is 2.13. The van der Waals surface area contributed by atoms with Crippen molar-refractivity contribution >= 4 is 5.91 Å². The Hall–Kier alpha value is -1.62. The van der Waals surface area contributed by atoms with Crippen LogP contribution < -0.4 is 4.74 Å². The van der Waals surface area contributed by atoms with Crippen LogP contribution in [0.4, 0.5) is 0 Å². The van der Waals surface area contributed by atoms with Crippen LogP contribution in [0.15, 0.2) is 18.3 Å². The van der Waals surface area contributed by atoms with E-state index in [-0.39, 0.29) is 5.91 Å². The summed E-state index contributed by atoms with van der Waals surface area (Å²) < 4.78 is 5.35. The lowest BCUT2D eigenvalue weighted by Crippen LogP contribution is -2.56. The molecule has 2 atom stereocenters. The van der Waals surface area contributed by atoms with Crippen molar-refractivity contribution in [1.82, 2.24) is 14.8 Å². The van der Waals surface area contributed by atoms with Crippen molar-refractivity contribution in [3.63, 3.8) is 0 Å². The molecule has 20 heavy (non-hydrogen) atoms. The molecule has 0 aromatic carbocycles. The van der Waals surface area contributed by atoms with E-state index in [1.165, 1.54) is 0 Å². The van der Waals surface area contributed by atoms with Crippen LogP contribution in [0.1, 0.15) is 31.1 Å². The van der Waals surface area contributed by atoms with Crippen LogP contribution >= 0.6 is 0 Å². The summed E-state index contributed by atoms with van der Waals surface area (Å²) >= 11 is 0. The van der Waals surface area contributed by atoms with Crippen LogP contribution in [0, 0.1) is 0 Å². The molecule has 5 nitrogen and oxygen atoms in total. The molecule has 1 aliphatic rings. The predicted molar refractivity (Wildman–Crippen MR) is 78.0 cm³/mol. The molecule has 1 saturated heterocycles. The lowest BCUT2D eigenvalue weighted by Gasteiger charge is -2.42. The Morgan fingerprint density at radius 3 is 2.65 bits per heavy atom. The summed E-state index contributed by atoms with van der Waals surface area (Å²) in [6.45, 7) is 8.26. The maximum absolute atomic E-state index is 12.6.